The molecular weight excluding hydrogens is 236 g/mol. The number of rotatable bonds is 3. The lowest BCUT2D eigenvalue weighted by atomic mass is 10.1. The first-order chi connectivity index (χ1) is 9.08. The molecule has 1 aromatic rings. The van der Waals surface area contributed by atoms with Gasteiger partial charge in [0.25, 0.3) is 0 Å². The molecule has 0 spiro atoms. The van der Waals surface area contributed by atoms with Gasteiger partial charge in [0, 0.05) is 25.5 Å². The molecule has 1 fully saturated rings. The van der Waals surface area contributed by atoms with E-state index >= 15 is 0 Å². The Hall–Kier alpha value is -1.22. The molecule has 0 radical (unpaired) electrons. The fraction of sp³-hybridized carbons (Fsp3) is 0.625. The Kier molecular flexibility index (Phi) is 4.70. The van der Waals surface area contributed by atoms with Crippen LogP contribution < -0.4 is 10.2 Å². The van der Waals surface area contributed by atoms with Crippen molar-refractivity contribution >= 4 is 11.4 Å². The summed E-state index contributed by atoms with van der Waals surface area (Å²) in [7, 11) is 4.12. The molecule has 106 valence electrons. The largest absolute Gasteiger partial charge is 0.391 e. The third kappa shape index (κ3) is 3.63. The molecule has 0 saturated heterocycles. The fourth-order valence-corrected chi connectivity index (χ4v) is 2.85. The standard InChI is InChI=1S/C16H26N2O/c1-12-9-10-13(11-15(12)18(2)3)17-14-7-5-4-6-8-16(14)19/h9-11,14,16-17,19H,4-8H2,1-3H3. The number of benzene rings is 1. The summed E-state index contributed by atoms with van der Waals surface area (Å²) in [6.45, 7) is 2.12. The second-order valence-electron chi connectivity index (χ2n) is 5.85. The van der Waals surface area contributed by atoms with E-state index in [1.54, 1.807) is 0 Å². The van der Waals surface area contributed by atoms with E-state index < -0.39 is 0 Å². The van der Waals surface area contributed by atoms with Crippen molar-refractivity contribution in [3.63, 3.8) is 0 Å². The first-order valence-corrected chi connectivity index (χ1v) is 7.30. The Morgan fingerprint density at radius 2 is 1.89 bits per heavy atom. The smallest absolute Gasteiger partial charge is 0.0741 e. The number of aliphatic hydroxyl groups excluding tert-OH is 1. The van der Waals surface area contributed by atoms with E-state index in [1.807, 2.05) is 0 Å². The van der Waals surface area contributed by atoms with Gasteiger partial charge in [-0.05, 0) is 37.5 Å². The maximum absolute atomic E-state index is 10.2. The topological polar surface area (TPSA) is 35.5 Å². The Bertz CT molecular complexity index is 417. The maximum Gasteiger partial charge on any atom is 0.0741 e. The second kappa shape index (κ2) is 6.29. The molecule has 19 heavy (non-hydrogen) atoms. The first kappa shape index (κ1) is 14.2. The second-order valence-corrected chi connectivity index (χ2v) is 5.85. The number of hydrogen-bond donors (Lipinski definition) is 2. The third-order valence-corrected chi connectivity index (χ3v) is 4.02. The summed E-state index contributed by atoms with van der Waals surface area (Å²) in [6, 6.07) is 6.62. The highest BCUT2D eigenvalue weighted by molar-refractivity contribution is 5.62. The Balaban J connectivity index is 2.11. The van der Waals surface area contributed by atoms with Crippen LogP contribution in [-0.4, -0.2) is 31.3 Å². The zero-order valence-corrected chi connectivity index (χ0v) is 12.3. The molecule has 2 N–H and O–H groups in total. The van der Waals surface area contributed by atoms with Crippen LogP contribution in [0.3, 0.4) is 0 Å². The molecule has 0 bridgehead atoms. The summed E-state index contributed by atoms with van der Waals surface area (Å²) in [5, 5.41) is 13.7. The molecule has 0 aliphatic heterocycles. The van der Waals surface area contributed by atoms with E-state index in [1.165, 1.54) is 24.1 Å². The van der Waals surface area contributed by atoms with Gasteiger partial charge in [-0.15, -0.1) is 0 Å². The van der Waals surface area contributed by atoms with Crippen LogP contribution in [0.15, 0.2) is 18.2 Å². The van der Waals surface area contributed by atoms with Gasteiger partial charge in [-0.2, -0.15) is 0 Å². The van der Waals surface area contributed by atoms with Gasteiger partial charge in [-0.1, -0.05) is 25.3 Å². The number of nitrogens with one attached hydrogen (secondary N) is 1. The summed E-state index contributed by atoms with van der Waals surface area (Å²) >= 11 is 0. The molecular formula is C16H26N2O. The molecule has 1 aliphatic rings. The van der Waals surface area contributed by atoms with Crippen LogP contribution in [0, 0.1) is 6.92 Å². The number of nitrogens with zero attached hydrogens (tertiary/aromatic N) is 1. The van der Waals surface area contributed by atoms with Gasteiger partial charge in [0.05, 0.1) is 12.1 Å². The summed E-state index contributed by atoms with van der Waals surface area (Å²) < 4.78 is 0. The predicted molar refractivity (Wildman–Crippen MR) is 82.0 cm³/mol. The SMILES string of the molecule is Cc1ccc(NC2CCCCCC2O)cc1N(C)C. The van der Waals surface area contributed by atoms with Crippen molar-refractivity contribution in [3.8, 4) is 0 Å². The van der Waals surface area contributed by atoms with E-state index in [4.69, 9.17) is 0 Å². The minimum Gasteiger partial charge on any atom is -0.391 e. The van der Waals surface area contributed by atoms with Crippen molar-refractivity contribution in [1.29, 1.82) is 0 Å². The summed E-state index contributed by atoms with van der Waals surface area (Å²) in [6.07, 6.45) is 5.37. The summed E-state index contributed by atoms with van der Waals surface area (Å²) in [4.78, 5) is 2.13. The van der Waals surface area contributed by atoms with Crippen LogP contribution in [0.1, 0.15) is 37.7 Å². The van der Waals surface area contributed by atoms with E-state index in [2.05, 4.69) is 49.4 Å². The van der Waals surface area contributed by atoms with Crippen LogP contribution in [0.5, 0.6) is 0 Å². The molecule has 2 rings (SSSR count). The zero-order chi connectivity index (χ0) is 13.8. The molecule has 1 aromatic carbocycles. The average molecular weight is 262 g/mol. The van der Waals surface area contributed by atoms with E-state index in [0.29, 0.717) is 0 Å². The van der Waals surface area contributed by atoms with Crippen LogP contribution in [0.25, 0.3) is 0 Å². The molecule has 3 heteroatoms. The fourth-order valence-electron chi connectivity index (χ4n) is 2.85. The van der Waals surface area contributed by atoms with Crippen LogP contribution >= 0.6 is 0 Å². The van der Waals surface area contributed by atoms with Crippen LogP contribution in [0.4, 0.5) is 11.4 Å². The average Bonchev–Trinajstić information content (AvgIpc) is 2.57. The lowest BCUT2D eigenvalue weighted by Gasteiger charge is -2.24. The molecule has 0 amide bonds. The molecule has 3 nitrogen and oxygen atoms in total. The van der Waals surface area contributed by atoms with Crippen LogP contribution in [0.2, 0.25) is 0 Å². The summed E-state index contributed by atoms with van der Waals surface area (Å²) in [5.41, 5.74) is 3.62. The molecule has 1 aliphatic carbocycles. The number of anilines is 2. The van der Waals surface area contributed by atoms with E-state index in [0.717, 1.165) is 24.9 Å². The van der Waals surface area contributed by atoms with Crippen LogP contribution in [-0.2, 0) is 0 Å². The van der Waals surface area contributed by atoms with Crippen molar-refractivity contribution in [2.24, 2.45) is 0 Å². The van der Waals surface area contributed by atoms with Crippen molar-refractivity contribution in [3.05, 3.63) is 23.8 Å². The van der Waals surface area contributed by atoms with Gasteiger partial charge >= 0.3 is 0 Å². The molecule has 0 heterocycles. The van der Waals surface area contributed by atoms with E-state index in [9.17, 15) is 5.11 Å². The summed E-state index contributed by atoms with van der Waals surface area (Å²) in [5.74, 6) is 0. The first-order valence-electron chi connectivity index (χ1n) is 7.30. The minimum absolute atomic E-state index is 0.195. The van der Waals surface area contributed by atoms with Crippen molar-refractivity contribution in [1.82, 2.24) is 0 Å². The Labute approximate surface area is 116 Å². The highest BCUT2D eigenvalue weighted by atomic mass is 16.3. The van der Waals surface area contributed by atoms with Crippen molar-refractivity contribution < 1.29 is 5.11 Å². The zero-order valence-electron chi connectivity index (χ0n) is 12.3. The van der Waals surface area contributed by atoms with Crippen molar-refractivity contribution in [2.45, 2.75) is 51.2 Å². The minimum atomic E-state index is -0.216. The molecule has 2 atom stereocenters. The quantitative estimate of drug-likeness (QED) is 0.821. The molecule has 1 saturated carbocycles. The van der Waals surface area contributed by atoms with Gasteiger partial charge < -0.3 is 15.3 Å². The predicted octanol–water partition coefficient (Wildman–Crippen LogP) is 3.17. The van der Waals surface area contributed by atoms with Gasteiger partial charge in [0.15, 0.2) is 0 Å². The molecule has 0 aromatic heterocycles. The van der Waals surface area contributed by atoms with E-state index in [-0.39, 0.29) is 12.1 Å². The Morgan fingerprint density at radius 3 is 2.63 bits per heavy atom. The highest BCUT2D eigenvalue weighted by Crippen LogP contribution is 2.26. The lowest BCUT2D eigenvalue weighted by molar-refractivity contribution is 0.144. The lowest BCUT2D eigenvalue weighted by Crippen LogP contribution is -2.32. The number of hydrogen-bond acceptors (Lipinski definition) is 3. The Morgan fingerprint density at radius 1 is 1.16 bits per heavy atom. The third-order valence-electron chi connectivity index (χ3n) is 4.02. The highest BCUT2D eigenvalue weighted by Gasteiger charge is 2.21. The monoisotopic (exact) mass is 262 g/mol. The van der Waals surface area contributed by atoms with Crippen molar-refractivity contribution in [2.75, 3.05) is 24.3 Å². The number of aliphatic hydroxyl groups is 1. The van der Waals surface area contributed by atoms with Gasteiger partial charge in [0.2, 0.25) is 0 Å². The maximum atomic E-state index is 10.2. The normalized spacial score (nSPS) is 23.8. The van der Waals surface area contributed by atoms with Gasteiger partial charge in [-0.3, -0.25) is 0 Å². The molecule has 2 unspecified atom stereocenters. The number of aryl methyl sites for hydroxylation is 1. The van der Waals surface area contributed by atoms with Gasteiger partial charge in [0.1, 0.15) is 0 Å². The van der Waals surface area contributed by atoms with Gasteiger partial charge in [-0.25, -0.2) is 0 Å².